The van der Waals surface area contributed by atoms with Crippen molar-refractivity contribution in [2.45, 2.75) is 113 Å². The van der Waals surface area contributed by atoms with Gasteiger partial charge in [-0.1, -0.05) is 41.5 Å². The zero-order valence-corrected chi connectivity index (χ0v) is 17.6. The molecule has 0 aromatic rings. The van der Waals surface area contributed by atoms with Crippen LogP contribution in [-0.4, -0.2) is 22.0 Å². The van der Waals surface area contributed by atoms with Crippen LogP contribution in [0.4, 0.5) is 0 Å². The van der Waals surface area contributed by atoms with Crippen molar-refractivity contribution in [3.8, 4) is 0 Å². The lowest BCUT2D eigenvalue weighted by molar-refractivity contribution is -0.118. The molecule has 1 aliphatic heterocycles. The van der Waals surface area contributed by atoms with E-state index < -0.39 is 0 Å². The van der Waals surface area contributed by atoms with E-state index in [2.05, 4.69) is 88.0 Å². The second-order valence-corrected chi connectivity index (χ2v) is 11.1. The maximum Gasteiger partial charge on any atom is 0.0166 e. The fraction of sp³-hybridized carbons (Fsp3) is 1.00. The third kappa shape index (κ3) is 3.71. The van der Waals surface area contributed by atoms with Gasteiger partial charge in [-0.15, -0.1) is 0 Å². The second kappa shape index (κ2) is 5.80. The van der Waals surface area contributed by atoms with Gasteiger partial charge in [0, 0.05) is 17.1 Å². The lowest BCUT2D eigenvalue weighted by Gasteiger charge is -2.61. The molecule has 0 atom stereocenters. The van der Waals surface area contributed by atoms with E-state index in [1.165, 1.54) is 12.8 Å². The van der Waals surface area contributed by atoms with Crippen LogP contribution in [0.2, 0.25) is 0 Å². The Labute approximate surface area is 141 Å². The Hall–Kier alpha value is -0.0400. The molecule has 0 radical (unpaired) electrons. The number of hydrogen-bond acceptors (Lipinski definition) is 1. The maximum atomic E-state index is 2.79. The molecule has 0 aromatic heterocycles. The van der Waals surface area contributed by atoms with Crippen molar-refractivity contribution < 1.29 is 0 Å². The lowest BCUT2D eigenvalue weighted by Crippen LogP contribution is -2.64. The second-order valence-electron chi connectivity index (χ2n) is 11.1. The zero-order valence-electron chi connectivity index (χ0n) is 17.6. The highest BCUT2D eigenvalue weighted by Crippen LogP contribution is 2.56. The number of nitrogens with zero attached hydrogens (tertiary/aromatic N) is 1. The van der Waals surface area contributed by atoms with Crippen molar-refractivity contribution in [1.29, 1.82) is 0 Å². The minimum atomic E-state index is 0.227. The molecule has 0 unspecified atom stereocenters. The van der Waals surface area contributed by atoms with E-state index in [0.717, 1.165) is 11.8 Å². The Kier molecular flexibility index (Phi) is 5.27. The smallest absolute Gasteiger partial charge is 0.0166 e. The van der Waals surface area contributed by atoms with E-state index in [1.807, 2.05) is 0 Å². The molecule has 132 valence electrons. The first kappa shape index (κ1) is 20.0. The largest absolute Gasteiger partial charge is 0.291 e. The molecular formula is C21H43N. The minimum absolute atomic E-state index is 0.227. The number of hydrogen-bond donors (Lipinski definition) is 0. The van der Waals surface area contributed by atoms with E-state index in [1.54, 1.807) is 0 Å². The molecule has 1 rings (SSSR count). The van der Waals surface area contributed by atoms with Crippen LogP contribution >= 0.6 is 0 Å². The molecule has 1 heterocycles. The number of likely N-dealkylation sites (tertiary alicyclic amines) is 1. The standard InChI is InChI=1S/C21H43N/c1-15(2)17-18(5,6)13-20(9,10)22(16(3)4)21(11,12)14-19(17,7)8/h15-17H,13-14H2,1-12H3. The van der Waals surface area contributed by atoms with Gasteiger partial charge in [-0.05, 0) is 77.0 Å². The quantitative estimate of drug-likeness (QED) is 0.572. The molecule has 1 saturated heterocycles. The van der Waals surface area contributed by atoms with Gasteiger partial charge in [-0.2, -0.15) is 0 Å². The summed E-state index contributed by atoms with van der Waals surface area (Å²) in [6, 6.07) is 0.576. The molecule has 0 amide bonds. The van der Waals surface area contributed by atoms with Gasteiger partial charge in [0.15, 0.2) is 0 Å². The van der Waals surface area contributed by atoms with Gasteiger partial charge in [0.1, 0.15) is 0 Å². The Morgan fingerprint density at radius 3 is 1.23 bits per heavy atom. The first-order valence-corrected chi connectivity index (χ1v) is 9.34. The minimum Gasteiger partial charge on any atom is -0.291 e. The van der Waals surface area contributed by atoms with E-state index in [4.69, 9.17) is 0 Å². The molecule has 1 nitrogen and oxygen atoms in total. The van der Waals surface area contributed by atoms with Gasteiger partial charge in [0.25, 0.3) is 0 Å². The van der Waals surface area contributed by atoms with E-state index in [9.17, 15) is 0 Å². The number of rotatable bonds is 2. The Bertz CT molecular complexity index is 319. The van der Waals surface area contributed by atoms with Gasteiger partial charge in [0.05, 0.1) is 0 Å². The maximum absolute atomic E-state index is 2.79. The highest BCUT2D eigenvalue weighted by molar-refractivity contribution is 5.05. The van der Waals surface area contributed by atoms with Crippen LogP contribution in [0, 0.1) is 22.7 Å². The fourth-order valence-electron chi connectivity index (χ4n) is 7.70. The summed E-state index contributed by atoms with van der Waals surface area (Å²) in [5.41, 5.74) is 1.16. The fourth-order valence-corrected chi connectivity index (χ4v) is 7.70. The van der Waals surface area contributed by atoms with Gasteiger partial charge >= 0.3 is 0 Å². The highest BCUT2D eigenvalue weighted by atomic mass is 15.3. The van der Waals surface area contributed by atoms with Crippen molar-refractivity contribution in [3.05, 3.63) is 0 Å². The topological polar surface area (TPSA) is 3.24 Å². The van der Waals surface area contributed by atoms with Crippen molar-refractivity contribution in [2.75, 3.05) is 0 Å². The summed E-state index contributed by atoms with van der Waals surface area (Å²) < 4.78 is 0. The molecule has 0 spiro atoms. The Balaban J connectivity index is 3.47. The average molecular weight is 310 g/mol. The molecule has 1 fully saturated rings. The van der Waals surface area contributed by atoms with Crippen LogP contribution in [0.1, 0.15) is 95.9 Å². The lowest BCUT2D eigenvalue weighted by atomic mass is 9.53. The van der Waals surface area contributed by atoms with Crippen LogP contribution in [0.3, 0.4) is 0 Å². The van der Waals surface area contributed by atoms with Gasteiger partial charge in [-0.25, -0.2) is 0 Å². The molecule has 0 bridgehead atoms. The summed E-state index contributed by atoms with van der Waals surface area (Å²) in [5.74, 6) is 1.47. The third-order valence-corrected chi connectivity index (χ3v) is 5.95. The van der Waals surface area contributed by atoms with Crippen molar-refractivity contribution in [1.82, 2.24) is 4.90 Å². The normalized spacial score (nSPS) is 28.6. The summed E-state index contributed by atoms with van der Waals surface area (Å²) in [7, 11) is 0. The molecule has 1 heteroatoms. The van der Waals surface area contributed by atoms with Crippen LogP contribution < -0.4 is 0 Å². The monoisotopic (exact) mass is 309 g/mol. The summed E-state index contributed by atoms with van der Waals surface area (Å²) in [6.07, 6.45) is 2.52. The van der Waals surface area contributed by atoms with Gasteiger partial charge < -0.3 is 0 Å². The van der Waals surface area contributed by atoms with Gasteiger partial charge in [0.2, 0.25) is 0 Å². The molecular weight excluding hydrogens is 266 g/mol. The Morgan fingerprint density at radius 1 is 0.682 bits per heavy atom. The van der Waals surface area contributed by atoms with Crippen molar-refractivity contribution >= 4 is 0 Å². The summed E-state index contributed by atoms with van der Waals surface area (Å²) in [6.45, 7) is 29.5. The highest BCUT2D eigenvalue weighted by Gasteiger charge is 2.53. The summed E-state index contributed by atoms with van der Waals surface area (Å²) in [5, 5.41) is 0. The Morgan fingerprint density at radius 2 is 1.00 bits per heavy atom. The first-order chi connectivity index (χ1) is 9.54. The third-order valence-electron chi connectivity index (χ3n) is 5.95. The predicted octanol–water partition coefficient (Wildman–Crippen LogP) is 6.37. The van der Waals surface area contributed by atoms with E-state index in [-0.39, 0.29) is 11.1 Å². The first-order valence-electron chi connectivity index (χ1n) is 9.34. The molecule has 1 aliphatic rings. The predicted molar refractivity (Wildman–Crippen MR) is 100 cm³/mol. The van der Waals surface area contributed by atoms with E-state index >= 15 is 0 Å². The van der Waals surface area contributed by atoms with Crippen molar-refractivity contribution in [2.24, 2.45) is 22.7 Å². The van der Waals surface area contributed by atoms with Crippen LogP contribution in [0.5, 0.6) is 0 Å². The molecule has 0 N–H and O–H groups in total. The van der Waals surface area contributed by atoms with Crippen LogP contribution in [0.25, 0.3) is 0 Å². The SMILES string of the molecule is CC(C)C1C(C)(C)CC(C)(C)N(C(C)C)C(C)(C)CC1(C)C. The molecule has 0 saturated carbocycles. The average Bonchev–Trinajstić information content (AvgIpc) is 2.04. The zero-order chi connectivity index (χ0) is 17.7. The van der Waals surface area contributed by atoms with Gasteiger partial charge in [-0.3, -0.25) is 4.90 Å². The summed E-state index contributed by atoms with van der Waals surface area (Å²) in [4.78, 5) is 2.79. The molecule has 0 aromatic carbocycles. The summed E-state index contributed by atoms with van der Waals surface area (Å²) >= 11 is 0. The van der Waals surface area contributed by atoms with E-state index in [0.29, 0.717) is 16.9 Å². The van der Waals surface area contributed by atoms with Crippen LogP contribution in [0.15, 0.2) is 0 Å². The molecule has 0 aliphatic carbocycles. The molecule has 22 heavy (non-hydrogen) atoms. The van der Waals surface area contributed by atoms with Crippen LogP contribution in [-0.2, 0) is 0 Å². The van der Waals surface area contributed by atoms with Crippen molar-refractivity contribution in [3.63, 3.8) is 0 Å².